The second-order valence-electron chi connectivity index (χ2n) is 14.7. The van der Waals surface area contributed by atoms with E-state index in [4.69, 9.17) is 4.74 Å². The van der Waals surface area contributed by atoms with Crippen molar-refractivity contribution in [1.29, 1.82) is 0 Å². The van der Waals surface area contributed by atoms with E-state index >= 15 is 0 Å². The fourth-order valence-corrected chi connectivity index (χ4v) is 20.0. The summed E-state index contributed by atoms with van der Waals surface area (Å²) >= 11 is -2.81. The SMILES string of the molecule is CCC(CC)(c1cc(C)cc(C(C)(C)C)c1OC)[C]1([Y]([CH2]c2ccccc2N(C)C)[CH2]c2ccccc2N(C)C)C=CC(C)=C1. The quantitative estimate of drug-likeness (QED) is 0.189. The van der Waals surface area contributed by atoms with Crippen LogP contribution in [0.4, 0.5) is 11.4 Å². The van der Waals surface area contributed by atoms with E-state index in [1.807, 2.05) is 7.11 Å². The number of para-hydroxylation sites is 2. The topological polar surface area (TPSA) is 15.7 Å². The fraction of sp³-hybridized carbons (Fsp3) is 0.463. The molecule has 0 saturated carbocycles. The van der Waals surface area contributed by atoms with Crippen molar-refractivity contribution in [1.82, 2.24) is 0 Å². The number of methoxy groups -OCH3 is 1. The number of ether oxygens (including phenoxy) is 1. The van der Waals surface area contributed by atoms with Gasteiger partial charge in [0, 0.05) is 0 Å². The molecule has 0 heterocycles. The molecule has 1 aliphatic carbocycles. The van der Waals surface area contributed by atoms with Crippen LogP contribution in [0.1, 0.15) is 82.2 Å². The molecule has 45 heavy (non-hydrogen) atoms. The molecule has 0 amide bonds. The molecule has 0 bridgehead atoms. The minimum absolute atomic E-state index is 0.0260. The van der Waals surface area contributed by atoms with Crippen molar-refractivity contribution in [3.05, 3.63) is 112 Å². The van der Waals surface area contributed by atoms with Crippen molar-refractivity contribution in [3.63, 3.8) is 0 Å². The molecular formula is C41H57N2OY. The first kappa shape index (κ1) is 35.5. The summed E-state index contributed by atoms with van der Waals surface area (Å²) in [7, 11) is 10.6. The number of benzene rings is 3. The van der Waals surface area contributed by atoms with Crippen molar-refractivity contribution < 1.29 is 32.2 Å². The Morgan fingerprint density at radius 2 is 1.24 bits per heavy atom. The zero-order chi connectivity index (χ0) is 33.2. The van der Waals surface area contributed by atoms with Crippen molar-refractivity contribution in [2.45, 2.75) is 80.8 Å². The molecule has 3 nitrogen and oxygen atoms in total. The number of rotatable bonds is 12. The van der Waals surface area contributed by atoms with Gasteiger partial charge >= 0.3 is 288 Å². The Hall–Kier alpha value is -2.36. The Morgan fingerprint density at radius 1 is 0.756 bits per heavy atom. The van der Waals surface area contributed by atoms with Gasteiger partial charge in [-0.05, 0) is 0 Å². The van der Waals surface area contributed by atoms with Crippen LogP contribution in [0.5, 0.6) is 5.75 Å². The Balaban J connectivity index is 2.09. The monoisotopic (exact) mass is 682 g/mol. The average molecular weight is 683 g/mol. The first-order valence-electron chi connectivity index (χ1n) is 16.8. The van der Waals surface area contributed by atoms with Gasteiger partial charge in [0.1, 0.15) is 0 Å². The molecule has 1 unspecified atom stereocenters. The number of hydrogen-bond donors (Lipinski definition) is 0. The van der Waals surface area contributed by atoms with Gasteiger partial charge in [0.25, 0.3) is 0 Å². The van der Waals surface area contributed by atoms with Crippen LogP contribution in [-0.2, 0) is 44.7 Å². The van der Waals surface area contributed by atoms with E-state index in [0.717, 1.165) is 18.6 Å². The molecule has 0 spiro atoms. The summed E-state index contributed by atoms with van der Waals surface area (Å²) in [5, 5.41) is 0. The van der Waals surface area contributed by atoms with Crippen molar-refractivity contribution in [3.8, 4) is 5.75 Å². The first-order valence-corrected chi connectivity index (χ1v) is 22.3. The van der Waals surface area contributed by atoms with E-state index in [9.17, 15) is 0 Å². The van der Waals surface area contributed by atoms with Crippen LogP contribution in [-0.4, -0.2) is 35.3 Å². The molecule has 0 aromatic heterocycles. The van der Waals surface area contributed by atoms with Gasteiger partial charge in [-0.2, -0.15) is 0 Å². The number of hydrogen-bond acceptors (Lipinski definition) is 3. The van der Waals surface area contributed by atoms with Crippen molar-refractivity contribution >= 4 is 11.4 Å². The third kappa shape index (κ3) is 6.86. The van der Waals surface area contributed by atoms with Gasteiger partial charge in [-0.1, -0.05) is 0 Å². The molecule has 0 N–H and O–H groups in total. The van der Waals surface area contributed by atoms with Gasteiger partial charge in [0.15, 0.2) is 0 Å². The Kier molecular flexibility index (Phi) is 11.2. The molecule has 3 aromatic rings. The van der Waals surface area contributed by atoms with Crippen LogP contribution >= 0.6 is 0 Å². The maximum absolute atomic E-state index is 6.48. The normalized spacial score (nSPS) is 16.5. The molecular weight excluding hydrogens is 625 g/mol. The van der Waals surface area contributed by atoms with Crippen LogP contribution in [0, 0.1) is 6.92 Å². The van der Waals surface area contributed by atoms with E-state index < -0.39 is 27.4 Å². The summed E-state index contributed by atoms with van der Waals surface area (Å²) in [5.41, 5.74) is 11.0. The second kappa shape index (κ2) is 14.2. The Bertz CT molecular complexity index is 1490. The molecule has 0 aliphatic heterocycles. The average Bonchev–Trinajstić information content (AvgIpc) is 3.40. The molecule has 4 rings (SSSR count). The van der Waals surface area contributed by atoms with Gasteiger partial charge in [-0.3, -0.25) is 0 Å². The molecule has 0 radical (unpaired) electrons. The molecule has 240 valence electrons. The van der Waals surface area contributed by atoms with Gasteiger partial charge in [-0.25, -0.2) is 0 Å². The summed E-state index contributed by atoms with van der Waals surface area (Å²) < 4.78 is 8.80. The van der Waals surface area contributed by atoms with E-state index in [1.165, 1.54) is 51.2 Å². The molecule has 3 aromatic carbocycles. The second-order valence-corrected chi connectivity index (χ2v) is 22.5. The van der Waals surface area contributed by atoms with Crippen molar-refractivity contribution in [2.75, 3.05) is 45.1 Å². The Labute approximate surface area is 285 Å². The van der Waals surface area contributed by atoms with Gasteiger partial charge in [-0.15, -0.1) is 0 Å². The zero-order valence-electron chi connectivity index (χ0n) is 30.2. The third-order valence-corrected chi connectivity index (χ3v) is 20.6. The minimum atomic E-state index is -2.81. The van der Waals surface area contributed by atoms with Crippen LogP contribution in [0.15, 0.2) is 84.5 Å². The Morgan fingerprint density at radius 3 is 1.64 bits per heavy atom. The molecule has 0 fully saturated rings. The number of anilines is 2. The molecule has 1 aliphatic rings. The van der Waals surface area contributed by atoms with Crippen LogP contribution in [0.2, 0.25) is 2.23 Å². The summed E-state index contributed by atoms with van der Waals surface area (Å²) in [5.74, 6) is 1.09. The predicted octanol–water partition coefficient (Wildman–Crippen LogP) is 10.2. The summed E-state index contributed by atoms with van der Waals surface area (Å²) in [6.07, 6.45) is 9.94. The van der Waals surface area contributed by atoms with Gasteiger partial charge in [0.2, 0.25) is 0 Å². The summed E-state index contributed by atoms with van der Waals surface area (Å²) in [6.45, 7) is 16.4. The number of aryl methyl sites for hydroxylation is 1. The molecule has 0 saturated heterocycles. The van der Waals surface area contributed by atoms with Crippen LogP contribution in [0.25, 0.3) is 0 Å². The van der Waals surface area contributed by atoms with Crippen LogP contribution in [0.3, 0.4) is 0 Å². The predicted molar refractivity (Wildman–Crippen MR) is 193 cm³/mol. The number of allylic oxidation sites excluding steroid dienone is 4. The maximum atomic E-state index is 6.48. The van der Waals surface area contributed by atoms with Crippen molar-refractivity contribution in [2.24, 2.45) is 0 Å². The van der Waals surface area contributed by atoms with E-state index in [2.05, 4.69) is 165 Å². The molecule has 1 atom stereocenters. The van der Waals surface area contributed by atoms with E-state index in [-0.39, 0.29) is 13.1 Å². The van der Waals surface area contributed by atoms with E-state index in [1.54, 1.807) is 0 Å². The van der Waals surface area contributed by atoms with E-state index in [0.29, 0.717) is 0 Å². The zero-order valence-corrected chi connectivity index (χ0v) is 33.1. The first-order chi connectivity index (χ1) is 21.2. The summed E-state index contributed by atoms with van der Waals surface area (Å²) in [6, 6.07) is 23.1. The summed E-state index contributed by atoms with van der Waals surface area (Å²) in [4.78, 5) is 4.60. The molecule has 4 heteroatoms. The van der Waals surface area contributed by atoms with Gasteiger partial charge < -0.3 is 0 Å². The third-order valence-electron chi connectivity index (χ3n) is 10.4. The fourth-order valence-electron chi connectivity index (χ4n) is 8.25. The standard InChI is InChI=1S/C23H33O.2C9H12N.Y/c1-9-23(10-2,18-12-11-16(3)13-18)20-15-17(4)14-19(21(20)24-8)22(5,6)7;2*1-8-6-4-5-7-9(8)10(2)3;/h11-15H,9-10H2,1-8H3;2*4-7H,1H2,2-3H3;. The number of nitrogens with zero attached hydrogens (tertiary/aromatic N) is 2. The van der Waals surface area contributed by atoms with Crippen LogP contribution < -0.4 is 14.5 Å². The van der Waals surface area contributed by atoms with Gasteiger partial charge in [0.05, 0.1) is 0 Å².